The van der Waals surface area contributed by atoms with Gasteiger partial charge in [0.1, 0.15) is 23.9 Å². The van der Waals surface area contributed by atoms with Crippen LogP contribution in [0.25, 0.3) is 0 Å². The van der Waals surface area contributed by atoms with Crippen molar-refractivity contribution in [1.29, 1.82) is 0 Å². The number of amides is 2. The number of anilines is 1. The summed E-state index contributed by atoms with van der Waals surface area (Å²) in [5.41, 5.74) is 22.6. The Morgan fingerprint density at radius 1 is 1.23 bits per heavy atom. The van der Waals surface area contributed by atoms with Crippen molar-refractivity contribution in [2.24, 2.45) is 33.3 Å². The highest BCUT2D eigenvalue weighted by Crippen LogP contribution is 2.40. The number of nitrogens with two attached hydrogens (primary N) is 4. The zero-order valence-corrected chi connectivity index (χ0v) is 25.1. The van der Waals surface area contributed by atoms with Crippen LogP contribution in [-0.4, -0.2) is 90.8 Å². The summed E-state index contributed by atoms with van der Waals surface area (Å²) < 4.78 is 40.8. The third-order valence-electron chi connectivity index (χ3n) is 6.36. The molecule has 2 heterocycles. The minimum atomic E-state index is -4.86. The quantitative estimate of drug-likeness (QED) is 0.0321. The van der Waals surface area contributed by atoms with E-state index in [0.717, 1.165) is 11.3 Å². The number of β-lactam (4-membered cyclic amide) rings is 1. The van der Waals surface area contributed by atoms with E-state index in [0.29, 0.717) is 22.2 Å². The maximum absolute atomic E-state index is 12.9. The second-order valence-corrected chi connectivity index (χ2v) is 11.6. The summed E-state index contributed by atoms with van der Waals surface area (Å²) in [5, 5.41) is 8.89. The molecule has 43 heavy (non-hydrogen) atoms. The smallest absolute Gasteiger partial charge is 0.418 e. The third kappa shape index (κ3) is 9.05. The number of ether oxygens (including phenoxy) is 1. The van der Waals surface area contributed by atoms with E-state index < -0.39 is 33.7 Å². The number of benzene rings is 1. The number of hydroxylamine groups is 2. The molecule has 0 spiro atoms. The molecular weight excluding hydrogens is 606 g/mol. The number of hydrogen-bond acceptors (Lipinski definition) is 14. The van der Waals surface area contributed by atoms with Gasteiger partial charge in [0.15, 0.2) is 17.5 Å². The summed E-state index contributed by atoms with van der Waals surface area (Å²) in [5.74, 6) is -1.11. The molecule has 2 amide bonds. The summed E-state index contributed by atoms with van der Waals surface area (Å²) >= 11 is 1.11. The number of nitrogen functional groups attached to an aromatic ring is 1. The van der Waals surface area contributed by atoms with Crippen molar-refractivity contribution in [3.05, 3.63) is 40.9 Å². The largest absolute Gasteiger partial charge is 0.490 e. The maximum Gasteiger partial charge on any atom is 0.418 e. The molecule has 10 N–H and O–H groups in total. The summed E-state index contributed by atoms with van der Waals surface area (Å²) in [6.07, 6.45) is 0.154. The van der Waals surface area contributed by atoms with Crippen molar-refractivity contribution in [2.75, 3.05) is 38.6 Å². The minimum absolute atomic E-state index is 0.00913. The molecule has 1 unspecified atom stereocenters. The summed E-state index contributed by atoms with van der Waals surface area (Å²) in [7, 11) is -4.86. The lowest BCUT2D eigenvalue weighted by atomic mass is 9.76. The molecule has 19 heteroatoms. The lowest BCUT2D eigenvalue weighted by Gasteiger charge is -2.51. The molecule has 1 aromatic heterocycles. The van der Waals surface area contributed by atoms with Gasteiger partial charge < -0.3 is 37.8 Å². The van der Waals surface area contributed by atoms with Crippen LogP contribution >= 0.6 is 11.3 Å². The van der Waals surface area contributed by atoms with Crippen LogP contribution in [-0.2, 0) is 29.1 Å². The standard InChI is InChI=1S/C24H35N9O8S2/c1-24(2)17(22(35)33(24)41-43(36,37)38)7-8-29-21(34)19(18-13-42-23(28)31-18)32-40-10-9-39-16-5-3-14(4-6-16)20(27)30-15(11-25)12-26/h3-6,13,15,17H,7-12,25-26H2,1-2H3,(H2,27,30)(H2,28,31)(H,29,34)(H,36,37,38). The Morgan fingerprint density at radius 3 is 2.47 bits per heavy atom. The average molecular weight is 642 g/mol. The first-order valence-electron chi connectivity index (χ1n) is 12.9. The van der Waals surface area contributed by atoms with E-state index >= 15 is 0 Å². The predicted octanol–water partition coefficient (Wildman–Crippen LogP) is -1.01. The lowest BCUT2D eigenvalue weighted by molar-refractivity contribution is -0.229. The Labute approximate surface area is 252 Å². The van der Waals surface area contributed by atoms with E-state index in [9.17, 15) is 18.0 Å². The number of hydrogen-bond donors (Lipinski definition) is 6. The van der Waals surface area contributed by atoms with Crippen LogP contribution in [0.15, 0.2) is 39.8 Å². The fourth-order valence-electron chi connectivity index (χ4n) is 4.02. The van der Waals surface area contributed by atoms with Crippen molar-refractivity contribution < 1.29 is 36.4 Å². The molecule has 3 rings (SSSR count). The molecule has 1 fully saturated rings. The summed E-state index contributed by atoms with van der Waals surface area (Å²) in [6.45, 7) is 3.82. The molecule has 0 bridgehead atoms. The summed E-state index contributed by atoms with van der Waals surface area (Å²) in [6, 6.07) is 6.63. The van der Waals surface area contributed by atoms with E-state index in [-0.39, 0.29) is 61.8 Å². The van der Waals surface area contributed by atoms with E-state index in [1.54, 1.807) is 38.1 Å². The minimum Gasteiger partial charge on any atom is -0.490 e. The highest BCUT2D eigenvalue weighted by atomic mass is 32.3. The van der Waals surface area contributed by atoms with Gasteiger partial charge in [0.05, 0.1) is 17.5 Å². The number of nitrogens with zero attached hydrogens (tertiary/aromatic N) is 4. The van der Waals surface area contributed by atoms with E-state index in [2.05, 4.69) is 24.7 Å². The first-order chi connectivity index (χ1) is 20.3. The van der Waals surface area contributed by atoms with Crippen molar-refractivity contribution >= 4 is 50.2 Å². The Bertz CT molecular complexity index is 1440. The molecule has 1 atom stereocenters. The van der Waals surface area contributed by atoms with Crippen LogP contribution < -0.4 is 33.0 Å². The van der Waals surface area contributed by atoms with E-state index in [1.165, 1.54) is 5.38 Å². The van der Waals surface area contributed by atoms with E-state index in [1.807, 2.05) is 0 Å². The molecule has 2 aromatic rings. The number of amidine groups is 1. The molecular formula is C24H35N9O8S2. The van der Waals surface area contributed by atoms with Crippen LogP contribution in [0.4, 0.5) is 5.13 Å². The zero-order valence-electron chi connectivity index (χ0n) is 23.5. The molecule has 1 aromatic carbocycles. The Kier molecular flexibility index (Phi) is 11.4. The fraction of sp³-hybridized carbons (Fsp3) is 0.458. The van der Waals surface area contributed by atoms with E-state index in [4.69, 9.17) is 37.1 Å². The Hall–Kier alpha value is -3.88. The predicted molar refractivity (Wildman–Crippen MR) is 158 cm³/mol. The second kappa shape index (κ2) is 14.5. The first kappa shape index (κ1) is 33.6. The number of oxime groups is 1. The lowest BCUT2D eigenvalue weighted by Crippen LogP contribution is -2.68. The number of carbonyl (C=O) groups is 2. The number of nitrogens with one attached hydrogen (secondary N) is 1. The highest BCUT2D eigenvalue weighted by molar-refractivity contribution is 7.80. The SMILES string of the molecule is CC1(C)C(CCNC(=O)C(=NOCCOc2ccc(C(N)=NC(CN)CN)cc2)c2csc(N)n2)C(=O)N1OS(=O)(=O)O. The average Bonchev–Trinajstić information content (AvgIpc) is 3.39. The van der Waals surface area contributed by atoms with Crippen LogP contribution in [0.2, 0.25) is 0 Å². The molecule has 17 nitrogen and oxygen atoms in total. The van der Waals surface area contributed by atoms with Gasteiger partial charge in [-0.2, -0.15) is 13.5 Å². The molecule has 0 radical (unpaired) electrons. The molecule has 0 saturated carbocycles. The van der Waals surface area contributed by atoms with Crippen LogP contribution in [0.3, 0.4) is 0 Å². The van der Waals surface area contributed by atoms with Crippen LogP contribution in [0, 0.1) is 5.92 Å². The van der Waals surface area contributed by atoms with Crippen molar-refractivity contribution in [3.63, 3.8) is 0 Å². The van der Waals surface area contributed by atoms with Crippen LogP contribution in [0.1, 0.15) is 31.5 Å². The number of aliphatic imine (C=N–C) groups is 1. The topological polar surface area (TPSA) is 273 Å². The monoisotopic (exact) mass is 641 g/mol. The van der Waals surface area contributed by atoms with Crippen molar-refractivity contribution in [3.8, 4) is 5.75 Å². The number of aromatic nitrogens is 1. The van der Waals surface area contributed by atoms with Gasteiger partial charge in [-0.25, -0.2) is 4.98 Å². The normalized spacial score (nSPS) is 17.1. The molecule has 236 valence electrons. The third-order valence-corrected chi connectivity index (χ3v) is 7.37. The second-order valence-electron chi connectivity index (χ2n) is 9.74. The van der Waals surface area contributed by atoms with Crippen molar-refractivity contribution in [2.45, 2.75) is 31.8 Å². The molecule has 0 aliphatic carbocycles. The highest BCUT2D eigenvalue weighted by Gasteiger charge is 2.56. The van der Waals surface area contributed by atoms with Crippen molar-refractivity contribution in [1.82, 2.24) is 15.4 Å². The summed E-state index contributed by atoms with van der Waals surface area (Å²) in [4.78, 5) is 38.9. The zero-order chi connectivity index (χ0) is 31.8. The number of rotatable bonds is 16. The Balaban J connectivity index is 1.52. The number of carbonyl (C=O) groups excluding carboxylic acids is 2. The van der Waals surface area contributed by atoms with Gasteiger partial charge in [0.25, 0.3) is 11.8 Å². The van der Waals surface area contributed by atoms with Gasteiger partial charge in [0.2, 0.25) is 0 Å². The van der Waals surface area contributed by atoms with Gasteiger partial charge in [0, 0.05) is 30.6 Å². The first-order valence-corrected chi connectivity index (χ1v) is 15.2. The molecule has 1 aliphatic rings. The molecule has 1 saturated heterocycles. The molecule has 1 aliphatic heterocycles. The van der Waals surface area contributed by atoms with Gasteiger partial charge >= 0.3 is 10.4 Å². The Morgan fingerprint density at radius 2 is 1.91 bits per heavy atom. The van der Waals surface area contributed by atoms with Crippen LogP contribution in [0.5, 0.6) is 5.75 Å². The fourth-order valence-corrected chi connectivity index (χ4v) is 5.02. The van der Waals surface area contributed by atoms with Gasteiger partial charge in [-0.15, -0.1) is 15.6 Å². The number of thiazole rings is 1. The maximum atomic E-state index is 12.9. The van der Waals surface area contributed by atoms with Gasteiger partial charge in [-0.05, 0) is 44.5 Å². The van der Waals surface area contributed by atoms with Gasteiger partial charge in [-0.3, -0.25) is 19.1 Å². The van der Waals surface area contributed by atoms with Gasteiger partial charge in [-0.1, -0.05) is 5.16 Å².